The van der Waals surface area contributed by atoms with Crippen molar-refractivity contribution in [2.75, 3.05) is 0 Å². The maximum Gasteiger partial charge on any atom is 0.341 e. The summed E-state index contributed by atoms with van der Waals surface area (Å²) in [4.78, 5) is 11.8. The van der Waals surface area contributed by atoms with Crippen LogP contribution < -0.4 is 0 Å². The molecule has 0 aliphatic heterocycles. The molecule has 0 radical (unpaired) electrons. The molecule has 0 saturated carbocycles. The summed E-state index contributed by atoms with van der Waals surface area (Å²) in [6, 6.07) is 4.57. The van der Waals surface area contributed by atoms with E-state index in [-0.39, 0.29) is 11.5 Å². The normalized spacial score (nSPS) is 11.7. The Balaban J connectivity index is 3.04. The third kappa shape index (κ3) is 3.84. The number of benzene rings is 1. The standard InChI is InChI=1S/C14H19FO2/c1-9(2)10-6-7-12(15)11(8-10)13(16)17-14(3,4)5/h6-9H,1-5H3. The maximum atomic E-state index is 13.6. The summed E-state index contributed by atoms with van der Waals surface area (Å²) in [6.07, 6.45) is 0. The van der Waals surface area contributed by atoms with Gasteiger partial charge in [-0.15, -0.1) is 0 Å². The molecule has 0 unspecified atom stereocenters. The van der Waals surface area contributed by atoms with Crippen LogP contribution >= 0.6 is 0 Å². The molecule has 0 bridgehead atoms. The molecule has 0 atom stereocenters. The van der Waals surface area contributed by atoms with Crippen LogP contribution in [0.25, 0.3) is 0 Å². The van der Waals surface area contributed by atoms with Gasteiger partial charge < -0.3 is 4.74 Å². The molecular formula is C14H19FO2. The fourth-order valence-electron chi connectivity index (χ4n) is 1.39. The summed E-state index contributed by atoms with van der Waals surface area (Å²) >= 11 is 0. The zero-order valence-corrected chi connectivity index (χ0v) is 11.0. The van der Waals surface area contributed by atoms with Crippen LogP contribution in [0.15, 0.2) is 18.2 Å². The minimum atomic E-state index is -0.614. The lowest BCUT2D eigenvalue weighted by Crippen LogP contribution is -2.24. The van der Waals surface area contributed by atoms with Crippen LogP contribution in [0.4, 0.5) is 4.39 Å². The van der Waals surface area contributed by atoms with Gasteiger partial charge in [0.15, 0.2) is 0 Å². The van der Waals surface area contributed by atoms with Crippen molar-refractivity contribution in [2.24, 2.45) is 0 Å². The smallest absolute Gasteiger partial charge is 0.341 e. The zero-order chi connectivity index (χ0) is 13.2. The fourth-order valence-corrected chi connectivity index (χ4v) is 1.39. The Labute approximate surface area is 102 Å². The van der Waals surface area contributed by atoms with E-state index >= 15 is 0 Å². The predicted octanol–water partition coefficient (Wildman–Crippen LogP) is 3.90. The highest BCUT2D eigenvalue weighted by Gasteiger charge is 2.21. The molecule has 0 saturated heterocycles. The van der Waals surface area contributed by atoms with Crippen molar-refractivity contribution < 1.29 is 13.9 Å². The van der Waals surface area contributed by atoms with E-state index in [1.165, 1.54) is 6.07 Å². The van der Waals surface area contributed by atoms with Gasteiger partial charge in [0.2, 0.25) is 0 Å². The van der Waals surface area contributed by atoms with Crippen molar-refractivity contribution in [3.05, 3.63) is 35.1 Å². The molecule has 0 aromatic heterocycles. The molecule has 94 valence electrons. The molecule has 3 heteroatoms. The Morgan fingerprint density at radius 2 is 1.88 bits per heavy atom. The van der Waals surface area contributed by atoms with E-state index in [2.05, 4.69) is 0 Å². The van der Waals surface area contributed by atoms with E-state index in [1.807, 2.05) is 13.8 Å². The summed E-state index contributed by atoms with van der Waals surface area (Å²) in [7, 11) is 0. The number of rotatable bonds is 2. The lowest BCUT2D eigenvalue weighted by molar-refractivity contribution is 0.00646. The summed E-state index contributed by atoms with van der Waals surface area (Å²) in [5.41, 5.74) is 0.315. The second-order valence-electron chi connectivity index (χ2n) is 5.40. The number of carbonyl (C=O) groups excluding carboxylic acids is 1. The van der Waals surface area contributed by atoms with Gasteiger partial charge in [0.05, 0.1) is 5.56 Å². The number of halogens is 1. The highest BCUT2D eigenvalue weighted by molar-refractivity contribution is 5.90. The Morgan fingerprint density at radius 1 is 1.29 bits per heavy atom. The summed E-state index contributed by atoms with van der Waals surface area (Å²) < 4.78 is 18.7. The van der Waals surface area contributed by atoms with E-state index in [0.29, 0.717) is 0 Å². The quantitative estimate of drug-likeness (QED) is 0.730. The van der Waals surface area contributed by atoms with Crippen LogP contribution in [0.5, 0.6) is 0 Å². The van der Waals surface area contributed by atoms with Gasteiger partial charge >= 0.3 is 5.97 Å². The number of carbonyl (C=O) groups is 1. The van der Waals surface area contributed by atoms with Gasteiger partial charge in [0.1, 0.15) is 11.4 Å². The molecule has 0 amide bonds. The molecule has 1 aromatic carbocycles. The number of ether oxygens (including phenoxy) is 1. The summed E-state index contributed by atoms with van der Waals surface area (Å²) in [6.45, 7) is 9.26. The van der Waals surface area contributed by atoms with Crippen molar-refractivity contribution in [3.63, 3.8) is 0 Å². The van der Waals surface area contributed by atoms with Crippen LogP contribution in [0, 0.1) is 5.82 Å². The predicted molar refractivity (Wildman–Crippen MR) is 65.7 cm³/mol. The molecule has 1 rings (SSSR count). The topological polar surface area (TPSA) is 26.3 Å². The molecule has 0 N–H and O–H groups in total. The Morgan fingerprint density at radius 3 is 2.35 bits per heavy atom. The number of esters is 1. The average molecular weight is 238 g/mol. The minimum absolute atomic E-state index is 0.00567. The van der Waals surface area contributed by atoms with E-state index in [4.69, 9.17) is 4.74 Å². The molecule has 0 spiro atoms. The van der Waals surface area contributed by atoms with Crippen LogP contribution in [-0.2, 0) is 4.74 Å². The Bertz CT molecular complexity index is 417. The van der Waals surface area contributed by atoms with E-state index in [1.54, 1.807) is 32.9 Å². The molecule has 1 aromatic rings. The lowest BCUT2D eigenvalue weighted by atomic mass is 10.0. The second-order valence-corrected chi connectivity index (χ2v) is 5.40. The molecule has 17 heavy (non-hydrogen) atoms. The minimum Gasteiger partial charge on any atom is -0.456 e. The van der Waals surface area contributed by atoms with Crippen LogP contribution in [0.3, 0.4) is 0 Å². The molecule has 0 fully saturated rings. The molecule has 0 aliphatic carbocycles. The highest BCUT2D eigenvalue weighted by atomic mass is 19.1. The Hall–Kier alpha value is -1.38. The van der Waals surface area contributed by atoms with Crippen molar-refractivity contribution in [1.29, 1.82) is 0 Å². The van der Waals surface area contributed by atoms with Gasteiger partial charge in [-0.25, -0.2) is 9.18 Å². The molecular weight excluding hydrogens is 219 g/mol. The largest absolute Gasteiger partial charge is 0.456 e. The third-order valence-corrected chi connectivity index (χ3v) is 2.28. The highest BCUT2D eigenvalue weighted by Crippen LogP contribution is 2.20. The Kier molecular flexibility index (Phi) is 3.91. The van der Waals surface area contributed by atoms with Crippen LogP contribution in [0.1, 0.15) is 56.5 Å². The van der Waals surface area contributed by atoms with Crippen molar-refractivity contribution >= 4 is 5.97 Å². The molecule has 0 heterocycles. The zero-order valence-electron chi connectivity index (χ0n) is 11.0. The van der Waals surface area contributed by atoms with Gasteiger partial charge in [-0.2, -0.15) is 0 Å². The maximum absolute atomic E-state index is 13.6. The first-order valence-corrected chi connectivity index (χ1v) is 5.73. The van der Waals surface area contributed by atoms with Crippen molar-refractivity contribution in [1.82, 2.24) is 0 Å². The molecule has 2 nitrogen and oxygen atoms in total. The van der Waals surface area contributed by atoms with Crippen molar-refractivity contribution in [2.45, 2.75) is 46.1 Å². The second kappa shape index (κ2) is 4.86. The van der Waals surface area contributed by atoms with Gasteiger partial charge in [-0.05, 0) is 44.4 Å². The third-order valence-electron chi connectivity index (χ3n) is 2.28. The van der Waals surface area contributed by atoms with E-state index in [9.17, 15) is 9.18 Å². The first-order chi connectivity index (χ1) is 7.70. The summed E-state index contributed by atoms with van der Waals surface area (Å²) in [5.74, 6) is -0.905. The van der Waals surface area contributed by atoms with Crippen LogP contribution in [-0.4, -0.2) is 11.6 Å². The van der Waals surface area contributed by atoms with Gasteiger partial charge in [-0.1, -0.05) is 19.9 Å². The van der Waals surface area contributed by atoms with Gasteiger partial charge in [0, 0.05) is 0 Å². The average Bonchev–Trinajstić information content (AvgIpc) is 2.14. The number of hydrogen-bond donors (Lipinski definition) is 0. The van der Waals surface area contributed by atoms with E-state index in [0.717, 1.165) is 5.56 Å². The first kappa shape index (κ1) is 13.7. The number of hydrogen-bond acceptors (Lipinski definition) is 2. The molecule has 0 aliphatic rings. The van der Waals surface area contributed by atoms with E-state index < -0.39 is 17.4 Å². The monoisotopic (exact) mass is 238 g/mol. The fraction of sp³-hybridized carbons (Fsp3) is 0.500. The first-order valence-electron chi connectivity index (χ1n) is 5.73. The van der Waals surface area contributed by atoms with Crippen molar-refractivity contribution in [3.8, 4) is 0 Å². The lowest BCUT2D eigenvalue weighted by Gasteiger charge is -2.20. The summed E-state index contributed by atoms with van der Waals surface area (Å²) in [5, 5.41) is 0. The SMILES string of the molecule is CC(C)c1ccc(F)c(C(=O)OC(C)(C)C)c1. The van der Waals surface area contributed by atoms with Crippen LogP contribution in [0.2, 0.25) is 0 Å². The van der Waals surface area contributed by atoms with Gasteiger partial charge in [0.25, 0.3) is 0 Å². The van der Waals surface area contributed by atoms with Gasteiger partial charge in [-0.3, -0.25) is 0 Å².